The molecule has 2 aromatic rings. The first-order valence-electron chi connectivity index (χ1n) is 9.15. The molecule has 0 bridgehead atoms. The van der Waals surface area contributed by atoms with E-state index in [-0.39, 0.29) is 23.1 Å². The second-order valence-corrected chi connectivity index (χ2v) is 8.41. The van der Waals surface area contributed by atoms with Gasteiger partial charge >= 0.3 is 0 Å². The van der Waals surface area contributed by atoms with Crippen LogP contribution in [0.15, 0.2) is 53.4 Å². The van der Waals surface area contributed by atoms with Crippen molar-refractivity contribution in [2.75, 3.05) is 17.2 Å². The van der Waals surface area contributed by atoms with E-state index in [9.17, 15) is 9.59 Å². The maximum atomic E-state index is 12.6. The molecule has 27 heavy (non-hydrogen) atoms. The number of hydrogen-bond donors (Lipinski definition) is 3. The highest BCUT2D eigenvalue weighted by atomic mass is 32.2. The van der Waals surface area contributed by atoms with E-state index in [1.54, 1.807) is 12.1 Å². The average molecular weight is 384 g/mol. The lowest BCUT2D eigenvalue weighted by Crippen LogP contribution is -2.39. The van der Waals surface area contributed by atoms with Crippen LogP contribution in [0.3, 0.4) is 0 Å². The Morgan fingerprint density at radius 2 is 1.93 bits per heavy atom. The Hall–Kier alpha value is -2.47. The first-order valence-corrected chi connectivity index (χ1v) is 10.0. The van der Waals surface area contributed by atoms with Gasteiger partial charge in [0.05, 0.1) is 10.9 Å². The van der Waals surface area contributed by atoms with Gasteiger partial charge in [0.15, 0.2) is 0 Å². The number of carbonyl (C=O) groups is 2. The first-order chi connectivity index (χ1) is 12.9. The normalized spacial score (nSPS) is 17.0. The third-order valence-corrected chi connectivity index (χ3v) is 5.76. The number of benzene rings is 2. The molecule has 2 aromatic carbocycles. The first kappa shape index (κ1) is 19.3. The minimum Gasteiger partial charge on any atom is -0.380 e. The molecule has 0 unspecified atom stereocenters. The molecule has 1 aliphatic rings. The zero-order valence-corrected chi connectivity index (χ0v) is 16.6. The zero-order valence-electron chi connectivity index (χ0n) is 15.8. The van der Waals surface area contributed by atoms with E-state index >= 15 is 0 Å². The predicted molar refractivity (Wildman–Crippen MR) is 111 cm³/mol. The Morgan fingerprint density at radius 3 is 2.63 bits per heavy atom. The van der Waals surface area contributed by atoms with Crippen LogP contribution < -0.4 is 16.0 Å². The third-order valence-electron chi connectivity index (χ3n) is 4.59. The van der Waals surface area contributed by atoms with Crippen LogP contribution in [0.4, 0.5) is 11.4 Å². The highest BCUT2D eigenvalue weighted by Gasteiger charge is 2.24. The smallest absolute Gasteiger partial charge is 0.251 e. The van der Waals surface area contributed by atoms with Crippen LogP contribution in [-0.4, -0.2) is 29.7 Å². The molecule has 1 aliphatic heterocycles. The maximum Gasteiger partial charge on any atom is 0.251 e. The standard InChI is InChI=1S/C21H25N3O2S/c1-13(2)18(23-16-7-5-4-6-8-16)12-22-21(26)15-9-10-19-17(11-15)24-20(25)14(3)27-19/h4-11,13-14,18,23H,12H2,1-3H3,(H,22,26)(H,24,25)/t14-,18-/m1/s1. The van der Waals surface area contributed by atoms with Gasteiger partial charge in [0, 0.05) is 28.7 Å². The average Bonchev–Trinajstić information content (AvgIpc) is 2.66. The summed E-state index contributed by atoms with van der Waals surface area (Å²) in [6.07, 6.45) is 0. The third kappa shape index (κ3) is 4.83. The highest BCUT2D eigenvalue weighted by Crippen LogP contribution is 2.35. The van der Waals surface area contributed by atoms with Crippen LogP contribution in [0.2, 0.25) is 0 Å². The second kappa shape index (κ2) is 8.48. The summed E-state index contributed by atoms with van der Waals surface area (Å²) in [6, 6.07) is 15.5. The molecule has 1 heterocycles. The van der Waals surface area contributed by atoms with Crippen LogP contribution in [0.1, 0.15) is 31.1 Å². The van der Waals surface area contributed by atoms with Crippen molar-refractivity contribution in [3.8, 4) is 0 Å². The molecular formula is C21H25N3O2S. The quantitative estimate of drug-likeness (QED) is 0.705. The minimum absolute atomic E-state index is 0.0306. The van der Waals surface area contributed by atoms with Gasteiger partial charge in [-0.05, 0) is 43.2 Å². The number of carbonyl (C=O) groups excluding carboxylic acids is 2. The molecule has 0 spiro atoms. The van der Waals surface area contributed by atoms with E-state index < -0.39 is 0 Å². The van der Waals surface area contributed by atoms with Crippen LogP contribution in [0.25, 0.3) is 0 Å². The summed E-state index contributed by atoms with van der Waals surface area (Å²) in [5.74, 6) is 0.180. The summed E-state index contributed by atoms with van der Waals surface area (Å²) in [6.45, 7) is 6.63. The fourth-order valence-corrected chi connectivity index (χ4v) is 3.79. The summed E-state index contributed by atoms with van der Waals surface area (Å²) >= 11 is 1.51. The van der Waals surface area contributed by atoms with Gasteiger partial charge in [-0.15, -0.1) is 11.8 Å². The van der Waals surface area contributed by atoms with E-state index in [0.29, 0.717) is 23.7 Å². The summed E-state index contributed by atoms with van der Waals surface area (Å²) in [5, 5.41) is 9.23. The molecular weight excluding hydrogens is 358 g/mol. The predicted octanol–water partition coefficient (Wildman–Crippen LogP) is 3.99. The Kier molecular flexibility index (Phi) is 6.06. The lowest BCUT2D eigenvalue weighted by Gasteiger charge is -2.24. The van der Waals surface area contributed by atoms with Crippen molar-refractivity contribution < 1.29 is 9.59 Å². The molecule has 0 aliphatic carbocycles. The van der Waals surface area contributed by atoms with E-state index in [0.717, 1.165) is 10.6 Å². The molecule has 6 heteroatoms. The summed E-state index contributed by atoms with van der Waals surface area (Å²) < 4.78 is 0. The summed E-state index contributed by atoms with van der Waals surface area (Å²) in [4.78, 5) is 25.4. The minimum atomic E-state index is -0.142. The number of fused-ring (bicyclic) bond motifs is 1. The SMILES string of the molecule is CC(C)[C@@H](CNC(=O)c1ccc2c(c1)NC(=O)[C@@H](C)S2)Nc1ccccc1. The van der Waals surface area contributed by atoms with Crippen molar-refractivity contribution >= 4 is 35.0 Å². The molecule has 2 atom stereocenters. The van der Waals surface area contributed by atoms with Gasteiger partial charge in [0.25, 0.3) is 5.91 Å². The van der Waals surface area contributed by atoms with Crippen LogP contribution >= 0.6 is 11.8 Å². The Bertz CT molecular complexity index is 823. The van der Waals surface area contributed by atoms with Gasteiger partial charge in [-0.1, -0.05) is 32.0 Å². The second-order valence-electron chi connectivity index (χ2n) is 7.03. The number of nitrogens with one attached hydrogen (secondary N) is 3. The van der Waals surface area contributed by atoms with Gasteiger partial charge in [0.2, 0.25) is 5.91 Å². The van der Waals surface area contributed by atoms with E-state index in [2.05, 4.69) is 29.8 Å². The van der Waals surface area contributed by atoms with Gasteiger partial charge in [-0.3, -0.25) is 9.59 Å². The zero-order chi connectivity index (χ0) is 19.4. The Labute approximate surface area is 164 Å². The molecule has 3 N–H and O–H groups in total. The molecule has 0 fully saturated rings. The fraction of sp³-hybridized carbons (Fsp3) is 0.333. The van der Waals surface area contributed by atoms with Crippen molar-refractivity contribution in [2.24, 2.45) is 5.92 Å². The Morgan fingerprint density at radius 1 is 1.19 bits per heavy atom. The molecule has 142 valence electrons. The molecule has 0 radical (unpaired) electrons. The summed E-state index contributed by atoms with van der Waals surface area (Å²) in [7, 11) is 0. The molecule has 0 saturated heterocycles. The largest absolute Gasteiger partial charge is 0.380 e. The number of anilines is 2. The lowest BCUT2D eigenvalue weighted by atomic mass is 10.0. The lowest BCUT2D eigenvalue weighted by molar-refractivity contribution is -0.115. The van der Waals surface area contributed by atoms with Gasteiger partial charge in [0.1, 0.15) is 0 Å². The number of hydrogen-bond acceptors (Lipinski definition) is 4. The molecule has 5 nitrogen and oxygen atoms in total. The highest BCUT2D eigenvalue weighted by molar-refractivity contribution is 8.00. The molecule has 0 saturated carbocycles. The van der Waals surface area contributed by atoms with E-state index in [1.165, 1.54) is 11.8 Å². The van der Waals surface area contributed by atoms with Crippen LogP contribution in [0.5, 0.6) is 0 Å². The number of thioether (sulfide) groups is 1. The molecule has 3 rings (SSSR count). The van der Waals surface area contributed by atoms with Crippen molar-refractivity contribution in [3.05, 3.63) is 54.1 Å². The van der Waals surface area contributed by atoms with Crippen molar-refractivity contribution in [3.63, 3.8) is 0 Å². The molecule has 2 amide bonds. The molecule has 0 aromatic heterocycles. The van der Waals surface area contributed by atoms with Gasteiger partial charge in [-0.2, -0.15) is 0 Å². The van der Waals surface area contributed by atoms with Gasteiger partial charge in [-0.25, -0.2) is 0 Å². The van der Waals surface area contributed by atoms with Gasteiger partial charge < -0.3 is 16.0 Å². The van der Waals surface area contributed by atoms with E-state index in [1.807, 2.05) is 43.3 Å². The number of rotatable bonds is 6. The maximum absolute atomic E-state index is 12.6. The number of amides is 2. The summed E-state index contributed by atoms with van der Waals surface area (Å²) in [5.41, 5.74) is 2.29. The topological polar surface area (TPSA) is 70.2 Å². The van der Waals surface area contributed by atoms with Crippen molar-refractivity contribution in [1.82, 2.24) is 5.32 Å². The van der Waals surface area contributed by atoms with Crippen molar-refractivity contribution in [2.45, 2.75) is 37.0 Å². The number of para-hydroxylation sites is 1. The van der Waals surface area contributed by atoms with Crippen molar-refractivity contribution in [1.29, 1.82) is 0 Å². The fourth-order valence-electron chi connectivity index (χ4n) is 2.86. The van der Waals surface area contributed by atoms with E-state index in [4.69, 9.17) is 0 Å². The monoisotopic (exact) mass is 383 g/mol. The van der Waals surface area contributed by atoms with Crippen LogP contribution in [-0.2, 0) is 4.79 Å². The van der Waals surface area contributed by atoms with Crippen LogP contribution in [0, 0.1) is 5.92 Å². The Balaban J connectivity index is 1.64.